The normalized spacial score (nSPS) is 10.1. The molecule has 0 atom stereocenters. The van der Waals surface area contributed by atoms with Crippen LogP contribution in [0.3, 0.4) is 0 Å². The zero-order valence-electron chi connectivity index (χ0n) is 11.0. The number of benzene rings is 1. The Labute approximate surface area is 119 Å². The first-order valence-electron chi connectivity index (χ1n) is 6.14. The number of aromatic amines is 1. The van der Waals surface area contributed by atoms with E-state index in [9.17, 15) is 14.4 Å². The first kappa shape index (κ1) is 14.5. The highest BCUT2D eigenvalue weighted by molar-refractivity contribution is 5.93. The van der Waals surface area contributed by atoms with Crippen LogP contribution in [0.1, 0.15) is 10.4 Å². The number of ether oxygens (including phenoxy) is 1. The number of aromatic nitrogens is 2. The molecule has 4 N–H and O–H groups in total. The van der Waals surface area contributed by atoms with Gasteiger partial charge in [0.25, 0.3) is 11.5 Å². The Bertz CT molecular complexity index is 733. The summed E-state index contributed by atoms with van der Waals surface area (Å²) in [5, 5.41) is 0. The lowest BCUT2D eigenvalue weighted by Gasteiger charge is -2.08. The van der Waals surface area contributed by atoms with Crippen molar-refractivity contribution in [3.63, 3.8) is 0 Å². The van der Waals surface area contributed by atoms with Crippen molar-refractivity contribution in [2.45, 2.75) is 6.54 Å². The molecule has 1 amide bonds. The molecule has 2 aromatic rings. The van der Waals surface area contributed by atoms with Gasteiger partial charge in [-0.05, 0) is 24.3 Å². The fourth-order valence-electron chi connectivity index (χ4n) is 1.67. The van der Waals surface area contributed by atoms with Crippen LogP contribution in [0.15, 0.2) is 46.1 Å². The largest absolute Gasteiger partial charge is 0.492 e. The molecule has 0 fully saturated rings. The monoisotopic (exact) mass is 290 g/mol. The lowest BCUT2D eigenvalue weighted by molar-refractivity contribution is 0.0953. The molecule has 0 unspecified atom stereocenters. The number of nitrogen functional groups attached to an aromatic ring is 1. The number of hydrogen-bond acceptors (Lipinski definition) is 5. The third-order valence-corrected chi connectivity index (χ3v) is 2.75. The minimum atomic E-state index is -0.485. The summed E-state index contributed by atoms with van der Waals surface area (Å²) in [5.41, 5.74) is 1.52. The summed E-state index contributed by atoms with van der Waals surface area (Å²) >= 11 is 0. The van der Waals surface area contributed by atoms with Crippen LogP contribution >= 0.6 is 0 Å². The van der Waals surface area contributed by atoms with E-state index in [0.717, 1.165) is 0 Å². The van der Waals surface area contributed by atoms with Crippen molar-refractivity contribution in [1.82, 2.24) is 15.0 Å². The van der Waals surface area contributed by atoms with Crippen molar-refractivity contribution in [3.05, 3.63) is 62.9 Å². The summed E-state index contributed by atoms with van der Waals surface area (Å²) in [5.74, 6) is 5.19. The smallest absolute Gasteiger partial charge is 0.328 e. The highest BCUT2D eigenvalue weighted by Gasteiger charge is 2.03. The number of nitrogens with one attached hydrogen (secondary N) is 2. The van der Waals surface area contributed by atoms with Gasteiger partial charge in [0, 0.05) is 17.8 Å². The maximum absolute atomic E-state index is 11.4. The van der Waals surface area contributed by atoms with Gasteiger partial charge in [-0.2, -0.15) is 0 Å². The number of hydrazine groups is 1. The third-order valence-electron chi connectivity index (χ3n) is 2.75. The van der Waals surface area contributed by atoms with Crippen molar-refractivity contribution < 1.29 is 9.53 Å². The second-order valence-electron chi connectivity index (χ2n) is 4.15. The van der Waals surface area contributed by atoms with Crippen molar-refractivity contribution in [3.8, 4) is 5.75 Å². The van der Waals surface area contributed by atoms with Gasteiger partial charge in [0.1, 0.15) is 12.4 Å². The fourth-order valence-corrected chi connectivity index (χ4v) is 1.67. The Kier molecular flexibility index (Phi) is 4.52. The molecule has 1 aromatic heterocycles. The van der Waals surface area contributed by atoms with Gasteiger partial charge in [-0.1, -0.05) is 0 Å². The SMILES string of the molecule is NNC(=O)c1ccc(OCCn2ccc(=O)[nH]c2=O)cc1. The van der Waals surface area contributed by atoms with Gasteiger partial charge in [-0.25, -0.2) is 10.6 Å². The number of carbonyl (C=O) groups excluding carboxylic acids is 1. The Morgan fingerprint density at radius 3 is 2.57 bits per heavy atom. The van der Waals surface area contributed by atoms with E-state index >= 15 is 0 Å². The van der Waals surface area contributed by atoms with Crippen molar-refractivity contribution in [2.24, 2.45) is 5.84 Å². The van der Waals surface area contributed by atoms with Gasteiger partial charge in [0.2, 0.25) is 0 Å². The summed E-state index contributed by atoms with van der Waals surface area (Å²) in [6, 6.07) is 7.66. The minimum Gasteiger partial charge on any atom is -0.492 e. The van der Waals surface area contributed by atoms with E-state index in [-0.39, 0.29) is 12.5 Å². The number of rotatable bonds is 5. The van der Waals surface area contributed by atoms with Crippen LogP contribution in [0, 0.1) is 0 Å². The summed E-state index contributed by atoms with van der Waals surface area (Å²) < 4.78 is 6.78. The molecule has 0 aliphatic heterocycles. The predicted octanol–water partition coefficient (Wildman–Crippen LogP) is -0.781. The number of amides is 1. The maximum atomic E-state index is 11.4. The van der Waals surface area contributed by atoms with Gasteiger partial charge < -0.3 is 4.74 Å². The fraction of sp³-hybridized carbons (Fsp3) is 0.154. The first-order valence-corrected chi connectivity index (χ1v) is 6.14. The maximum Gasteiger partial charge on any atom is 0.328 e. The molecule has 0 spiro atoms. The summed E-state index contributed by atoms with van der Waals surface area (Å²) in [4.78, 5) is 35.7. The van der Waals surface area contributed by atoms with E-state index < -0.39 is 11.2 Å². The molecule has 2 rings (SSSR count). The van der Waals surface area contributed by atoms with Crippen LogP contribution < -0.4 is 27.3 Å². The van der Waals surface area contributed by atoms with Crippen LogP contribution in [-0.2, 0) is 6.54 Å². The topological polar surface area (TPSA) is 119 Å². The van der Waals surface area contributed by atoms with Crippen molar-refractivity contribution in [2.75, 3.05) is 6.61 Å². The Hall–Kier alpha value is -2.87. The molecule has 0 bridgehead atoms. The summed E-state index contributed by atoms with van der Waals surface area (Å²) in [6.07, 6.45) is 1.40. The van der Waals surface area contributed by atoms with Gasteiger partial charge in [0.05, 0.1) is 6.54 Å². The van der Waals surface area contributed by atoms with Gasteiger partial charge in [-0.15, -0.1) is 0 Å². The molecule has 0 saturated heterocycles. The molecular formula is C13H14N4O4. The molecule has 0 saturated carbocycles. The van der Waals surface area contributed by atoms with Crippen LogP contribution in [0.5, 0.6) is 5.75 Å². The molecule has 21 heavy (non-hydrogen) atoms. The minimum absolute atomic E-state index is 0.244. The number of nitrogens with two attached hydrogens (primary N) is 1. The van der Waals surface area contributed by atoms with Crippen LogP contribution in [-0.4, -0.2) is 22.1 Å². The molecule has 110 valence electrons. The molecule has 0 radical (unpaired) electrons. The van der Waals surface area contributed by atoms with E-state index in [1.165, 1.54) is 16.8 Å². The molecule has 1 aromatic carbocycles. The quantitative estimate of drug-likeness (QED) is 0.379. The lowest BCUT2D eigenvalue weighted by atomic mass is 10.2. The number of carbonyl (C=O) groups is 1. The summed E-state index contributed by atoms with van der Waals surface area (Å²) in [7, 11) is 0. The molecule has 8 heteroatoms. The molecule has 1 heterocycles. The summed E-state index contributed by atoms with van der Waals surface area (Å²) in [6.45, 7) is 0.537. The van der Waals surface area contributed by atoms with Gasteiger partial charge in [-0.3, -0.25) is 24.6 Å². The van der Waals surface area contributed by atoms with E-state index in [1.54, 1.807) is 24.3 Å². The zero-order valence-corrected chi connectivity index (χ0v) is 11.0. The highest BCUT2D eigenvalue weighted by atomic mass is 16.5. The van der Waals surface area contributed by atoms with Gasteiger partial charge >= 0.3 is 5.69 Å². The number of nitrogens with zero attached hydrogens (tertiary/aromatic N) is 1. The van der Waals surface area contributed by atoms with Crippen LogP contribution in [0.2, 0.25) is 0 Å². The average molecular weight is 290 g/mol. The third kappa shape index (κ3) is 3.80. The van der Waals surface area contributed by atoms with E-state index in [1.807, 2.05) is 5.43 Å². The average Bonchev–Trinajstić information content (AvgIpc) is 2.49. The van der Waals surface area contributed by atoms with Crippen molar-refractivity contribution in [1.29, 1.82) is 0 Å². The van der Waals surface area contributed by atoms with E-state index in [0.29, 0.717) is 17.9 Å². The van der Waals surface area contributed by atoms with Crippen LogP contribution in [0.4, 0.5) is 0 Å². The van der Waals surface area contributed by atoms with E-state index in [2.05, 4.69) is 4.98 Å². The molecule has 0 aliphatic rings. The van der Waals surface area contributed by atoms with Gasteiger partial charge in [0.15, 0.2) is 0 Å². The molecule has 8 nitrogen and oxygen atoms in total. The number of hydrogen-bond donors (Lipinski definition) is 3. The van der Waals surface area contributed by atoms with E-state index in [4.69, 9.17) is 10.6 Å². The predicted molar refractivity (Wildman–Crippen MR) is 74.9 cm³/mol. The highest BCUT2D eigenvalue weighted by Crippen LogP contribution is 2.11. The Morgan fingerprint density at radius 1 is 1.24 bits per heavy atom. The molecule has 0 aliphatic carbocycles. The second kappa shape index (κ2) is 6.53. The first-order chi connectivity index (χ1) is 10.1. The lowest BCUT2D eigenvalue weighted by Crippen LogP contribution is -2.30. The Morgan fingerprint density at radius 2 is 1.95 bits per heavy atom. The standard InChI is InChI=1S/C13H14N4O4/c14-16-12(19)9-1-3-10(4-2-9)21-8-7-17-6-5-11(18)15-13(17)20/h1-6H,7-8,14H2,(H,16,19)(H,15,18,20). The second-order valence-corrected chi connectivity index (χ2v) is 4.15. The van der Waals surface area contributed by atoms with Crippen LogP contribution in [0.25, 0.3) is 0 Å². The zero-order chi connectivity index (χ0) is 15.2. The number of H-pyrrole nitrogens is 1. The molecular weight excluding hydrogens is 276 g/mol. The van der Waals surface area contributed by atoms with Crippen molar-refractivity contribution >= 4 is 5.91 Å². The Balaban J connectivity index is 1.93.